The number of benzene rings is 1. The van der Waals surface area contributed by atoms with Crippen molar-refractivity contribution >= 4 is 28.1 Å². The molecule has 0 amide bonds. The molecule has 4 nitrogen and oxygen atoms in total. The highest BCUT2D eigenvalue weighted by molar-refractivity contribution is 5.92. The van der Waals surface area contributed by atoms with Crippen molar-refractivity contribution in [3.8, 4) is 0 Å². The fraction of sp³-hybridized carbons (Fsp3) is 0.111. The summed E-state index contributed by atoms with van der Waals surface area (Å²) in [5.74, 6) is 0.675. The molecule has 0 unspecified atom stereocenters. The molecule has 24 heavy (non-hydrogen) atoms. The molecule has 0 spiro atoms. The van der Waals surface area contributed by atoms with Crippen LogP contribution < -0.4 is 5.32 Å². The summed E-state index contributed by atoms with van der Waals surface area (Å²) in [6.07, 6.45) is 1.02. The number of nitrogens with zero attached hydrogens (tertiary/aromatic N) is 3. The van der Waals surface area contributed by atoms with Crippen molar-refractivity contribution in [2.24, 2.45) is 0 Å². The Hall–Kier alpha value is -3.02. The molecule has 0 aliphatic rings. The molecule has 0 aliphatic carbocycles. The quantitative estimate of drug-likeness (QED) is 0.584. The Labute approximate surface area is 136 Å². The highest BCUT2D eigenvalue weighted by Gasteiger charge is 2.12. The van der Waals surface area contributed by atoms with Crippen molar-refractivity contribution in [3.63, 3.8) is 0 Å². The lowest BCUT2D eigenvalue weighted by atomic mass is 10.1. The molecule has 0 bridgehead atoms. The summed E-state index contributed by atoms with van der Waals surface area (Å²) >= 11 is 0. The van der Waals surface area contributed by atoms with Gasteiger partial charge in [0.2, 0.25) is 5.95 Å². The second-order valence-electron chi connectivity index (χ2n) is 5.54. The SMILES string of the molecule is Cc1nc(Nc2ccnc3cc(C(F)F)ccc23)n2ccccc12. The molecule has 3 aromatic heterocycles. The molecule has 0 radical (unpaired) electrons. The van der Waals surface area contributed by atoms with Gasteiger partial charge in [0.15, 0.2) is 0 Å². The molecule has 1 N–H and O–H groups in total. The fourth-order valence-electron chi connectivity index (χ4n) is 2.81. The van der Waals surface area contributed by atoms with Crippen LogP contribution in [0, 0.1) is 6.92 Å². The number of pyridine rings is 2. The first kappa shape index (κ1) is 14.6. The monoisotopic (exact) mass is 324 g/mol. The molecule has 0 saturated carbocycles. The van der Waals surface area contributed by atoms with Gasteiger partial charge < -0.3 is 5.32 Å². The number of rotatable bonds is 3. The zero-order chi connectivity index (χ0) is 16.7. The van der Waals surface area contributed by atoms with E-state index in [1.807, 2.05) is 41.8 Å². The first-order valence-corrected chi connectivity index (χ1v) is 7.51. The zero-order valence-electron chi connectivity index (χ0n) is 12.9. The maximum absolute atomic E-state index is 12.9. The van der Waals surface area contributed by atoms with Gasteiger partial charge in [0, 0.05) is 23.3 Å². The summed E-state index contributed by atoms with van der Waals surface area (Å²) in [5, 5.41) is 4.05. The van der Waals surface area contributed by atoms with E-state index in [0.717, 1.165) is 22.3 Å². The van der Waals surface area contributed by atoms with E-state index >= 15 is 0 Å². The Morgan fingerprint density at radius 1 is 1.12 bits per heavy atom. The number of halogens is 2. The maximum atomic E-state index is 12.9. The third-order valence-corrected chi connectivity index (χ3v) is 4.00. The van der Waals surface area contributed by atoms with Gasteiger partial charge in [0.05, 0.1) is 22.4 Å². The van der Waals surface area contributed by atoms with E-state index in [-0.39, 0.29) is 5.56 Å². The van der Waals surface area contributed by atoms with Crippen LogP contribution in [0.25, 0.3) is 16.4 Å². The van der Waals surface area contributed by atoms with E-state index in [1.54, 1.807) is 12.3 Å². The Morgan fingerprint density at radius 3 is 2.83 bits per heavy atom. The van der Waals surface area contributed by atoms with Crippen LogP contribution in [0.1, 0.15) is 17.7 Å². The van der Waals surface area contributed by atoms with Crippen molar-refractivity contribution in [1.29, 1.82) is 0 Å². The number of hydrogen-bond acceptors (Lipinski definition) is 3. The number of aryl methyl sites for hydroxylation is 1. The summed E-state index contributed by atoms with van der Waals surface area (Å²) < 4.78 is 27.7. The number of aromatic nitrogens is 3. The number of hydrogen-bond donors (Lipinski definition) is 1. The molecule has 120 valence electrons. The van der Waals surface area contributed by atoms with Crippen LogP contribution >= 0.6 is 0 Å². The molecule has 0 fully saturated rings. The maximum Gasteiger partial charge on any atom is 0.263 e. The second kappa shape index (κ2) is 5.56. The van der Waals surface area contributed by atoms with Gasteiger partial charge in [0.1, 0.15) is 0 Å². The highest BCUT2D eigenvalue weighted by atomic mass is 19.3. The third kappa shape index (κ3) is 2.36. The summed E-state index contributed by atoms with van der Waals surface area (Å²) in [6, 6.07) is 12.2. The fourth-order valence-corrected chi connectivity index (χ4v) is 2.81. The van der Waals surface area contributed by atoms with E-state index in [1.165, 1.54) is 12.1 Å². The van der Waals surface area contributed by atoms with Gasteiger partial charge in [-0.3, -0.25) is 9.38 Å². The molecule has 0 aliphatic heterocycles. The predicted octanol–water partition coefficient (Wildman–Crippen LogP) is 4.87. The van der Waals surface area contributed by atoms with Gasteiger partial charge in [0.25, 0.3) is 6.43 Å². The molecule has 4 aromatic rings. The summed E-state index contributed by atoms with van der Waals surface area (Å²) in [4.78, 5) is 8.74. The minimum absolute atomic E-state index is 0.0331. The first-order valence-electron chi connectivity index (χ1n) is 7.51. The summed E-state index contributed by atoms with van der Waals surface area (Å²) in [7, 11) is 0. The second-order valence-corrected chi connectivity index (χ2v) is 5.54. The number of nitrogens with one attached hydrogen (secondary N) is 1. The van der Waals surface area contributed by atoms with E-state index in [2.05, 4.69) is 15.3 Å². The van der Waals surface area contributed by atoms with Gasteiger partial charge in [-0.2, -0.15) is 0 Å². The minimum atomic E-state index is -2.51. The standard InChI is InChI=1S/C18H14F2N4/c1-11-16-4-2-3-9-24(16)18(22-11)23-14-7-8-21-15-10-12(17(19)20)5-6-13(14)15/h2-10,17H,1H3,(H,21,22,23). The Bertz CT molecular complexity index is 1040. The minimum Gasteiger partial charge on any atom is -0.325 e. The molecular weight excluding hydrogens is 310 g/mol. The first-order chi connectivity index (χ1) is 11.6. The smallest absolute Gasteiger partial charge is 0.263 e. The molecule has 0 atom stereocenters. The van der Waals surface area contributed by atoms with Crippen LogP contribution in [-0.4, -0.2) is 14.4 Å². The van der Waals surface area contributed by atoms with Crippen LogP contribution in [0.3, 0.4) is 0 Å². The van der Waals surface area contributed by atoms with Crippen LogP contribution in [0.2, 0.25) is 0 Å². The van der Waals surface area contributed by atoms with Crippen LogP contribution in [-0.2, 0) is 0 Å². The van der Waals surface area contributed by atoms with Gasteiger partial charge in [-0.1, -0.05) is 18.2 Å². The largest absolute Gasteiger partial charge is 0.325 e. The van der Waals surface area contributed by atoms with Gasteiger partial charge in [-0.15, -0.1) is 0 Å². The van der Waals surface area contributed by atoms with E-state index in [9.17, 15) is 8.78 Å². The van der Waals surface area contributed by atoms with Crippen LogP contribution in [0.15, 0.2) is 54.9 Å². The highest BCUT2D eigenvalue weighted by Crippen LogP contribution is 2.29. The normalized spacial score (nSPS) is 11.5. The Morgan fingerprint density at radius 2 is 2.00 bits per heavy atom. The molecule has 6 heteroatoms. The Kier molecular flexibility index (Phi) is 3.37. The lowest BCUT2D eigenvalue weighted by Gasteiger charge is -2.09. The molecule has 3 heterocycles. The van der Waals surface area contributed by atoms with Crippen LogP contribution in [0.5, 0.6) is 0 Å². The van der Waals surface area contributed by atoms with Crippen LogP contribution in [0.4, 0.5) is 20.4 Å². The van der Waals surface area contributed by atoms with Crippen molar-refractivity contribution in [2.45, 2.75) is 13.3 Å². The number of fused-ring (bicyclic) bond motifs is 2. The summed E-state index contributed by atoms with van der Waals surface area (Å²) in [6.45, 7) is 1.94. The summed E-state index contributed by atoms with van der Waals surface area (Å²) in [5.41, 5.74) is 3.19. The predicted molar refractivity (Wildman–Crippen MR) is 89.9 cm³/mol. The van der Waals surface area contributed by atoms with Crippen molar-refractivity contribution in [3.05, 3.63) is 66.1 Å². The number of imidazole rings is 1. The molecular formula is C18H14F2N4. The van der Waals surface area contributed by atoms with Crippen molar-refractivity contribution in [2.75, 3.05) is 5.32 Å². The average Bonchev–Trinajstić information content (AvgIpc) is 2.91. The Balaban J connectivity index is 1.82. The number of alkyl halides is 2. The van der Waals surface area contributed by atoms with E-state index < -0.39 is 6.43 Å². The number of anilines is 2. The van der Waals surface area contributed by atoms with Crippen molar-refractivity contribution < 1.29 is 8.78 Å². The van der Waals surface area contributed by atoms with Gasteiger partial charge in [-0.25, -0.2) is 13.8 Å². The lowest BCUT2D eigenvalue weighted by molar-refractivity contribution is 0.151. The van der Waals surface area contributed by atoms with Gasteiger partial charge in [-0.05, 0) is 31.2 Å². The molecule has 4 rings (SSSR count). The van der Waals surface area contributed by atoms with Gasteiger partial charge >= 0.3 is 0 Å². The van der Waals surface area contributed by atoms with E-state index in [4.69, 9.17) is 0 Å². The molecule has 0 saturated heterocycles. The third-order valence-electron chi connectivity index (χ3n) is 4.00. The average molecular weight is 324 g/mol. The molecule has 1 aromatic carbocycles. The van der Waals surface area contributed by atoms with Crippen molar-refractivity contribution in [1.82, 2.24) is 14.4 Å². The topological polar surface area (TPSA) is 42.2 Å². The lowest BCUT2D eigenvalue weighted by Crippen LogP contribution is -1.98. The zero-order valence-corrected chi connectivity index (χ0v) is 12.9. The van der Waals surface area contributed by atoms with E-state index in [0.29, 0.717) is 11.5 Å².